The van der Waals surface area contributed by atoms with Crippen LogP contribution in [0.3, 0.4) is 0 Å². The van der Waals surface area contributed by atoms with E-state index in [9.17, 15) is 14.9 Å². The first-order chi connectivity index (χ1) is 10.6. The Morgan fingerprint density at radius 1 is 1.23 bits per heavy atom. The maximum Gasteiger partial charge on any atom is 0.269 e. The molecule has 0 aromatic heterocycles. The van der Waals surface area contributed by atoms with Crippen molar-refractivity contribution in [3.63, 3.8) is 0 Å². The number of hydrogen-bond acceptors (Lipinski definition) is 4. The second-order valence-corrected chi connectivity index (χ2v) is 5.16. The predicted molar refractivity (Wildman–Crippen MR) is 84.6 cm³/mol. The highest BCUT2D eigenvalue weighted by molar-refractivity contribution is 5.98. The average Bonchev–Trinajstić information content (AvgIpc) is 2.93. The van der Waals surface area contributed by atoms with Gasteiger partial charge in [0.15, 0.2) is 0 Å². The smallest absolute Gasteiger partial charge is 0.269 e. The lowest BCUT2D eigenvalue weighted by molar-refractivity contribution is -0.384. The summed E-state index contributed by atoms with van der Waals surface area (Å²) in [6.45, 7) is 2.24. The number of benzene rings is 2. The van der Waals surface area contributed by atoms with Crippen LogP contribution in [0.1, 0.15) is 12.5 Å². The van der Waals surface area contributed by atoms with E-state index in [0.29, 0.717) is 6.54 Å². The molecule has 0 atom stereocenters. The Balaban J connectivity index is 1.92. The van der Waals surface area contributed by atoms with Crippen molar-refractivity contribution in [1.29, 1.82) is 0 Å². The van der Waals surface area contributed by atoms with Crippen LogP contribution < -0.4 is 10.2 Å². The fourth-order valence-corrected chi connectivity index (χ4v) is 2.69. The molecular weight excluding hydrogens is 282 g/mol. The first-order valence-electron chi connectivity index (χ1n) is 6.98. The molecule has 22 heavy (non-hydrogen) atoms. The van der Waals surface area contributed by atoms with Crippen LogP contribution in [0.5, 0.6) is 0 Å². The first-order valence-corrected chi connectivity index (χ1v) is 6.98. The van der Waals surface area contributed by atoms with Crippen LogP contribution in [0, 0.1) is 10.1 Å². The zero-order valence-corrected chi connectivity index (χ0v) is 12.1. The third-order valence-corrected chi connectivity index (χ3v) is 3.73. The van der Waals surface area contributed by atoms with Crippen molar-refractivity contribution >= 4 is 28.7 Å². The van der Waals surface area contributed by atoms with Gasteiger partial charge in [-0.2, -0.15) is 0 Å². The van der Waals surface area contributed by atoms with Crippen molar-refractivity contribution in [2.75, 3.05) is 16.8 Å². The van der Waals surface area contributed by atoms with Crippen LogP contribution >= 0.6 is 0 Å². The van der Waals surface area contributed by atoms with Gasteiger partial charge in [0.1, 0.15) is 0 Å². The molecule has 2 aromatic carbocycles. The summed E-state index contributed by atoms with van der Waals surface area (Å²) in [7, 11) is 0. The summed E-state index contributed by atoms with van der Waals surface area (Å²) in [6.07, 6.45) is 0.838. The van der Waals surface area contributed by atoms with Crippen LogP contribution in [-0.4, -0.2) is 17.4 Å². The standard InChI is InChI=1S/C16H15N3O3/c1-11(20)18-10-9-12-3-2-4-15(16(12)18)17-13-5-7-14(8-6-13)19(21)22/h2-8,17H,9-10H2,1H3. The fraction of sp³-hybridized carbons (Fsp3) is 0.188. The number of nitrogens with one attached hydrogen (secondary N) is 1. The highest BCUT2D eigenvalue weighted by Gasteiger charge is 2.25. The van der Waals surface area contributed by atoms with E-state index < -0.39 is 4.92 Å². The van der Waals surface area contributed by atoms with E-state index in [2.05, 4.69) is 5.32 Å². The maximum atomic E-state index is 11.8. The van der Waals surface area contributed by atoms with Crippen LogP contribution in [0.15, 0.2) is 42.5 Å². The third-order valence-electron chi connectivity index (χ3n) is 3.73. The van der Waals surface area contributed by atoms with E-state index >= 15 is 0 Å². The highest BCUT2D eigenvalue weighted by Crippen LogP contribution is 2.37. The molecule has 6 heteroatoms. The van der Waals surface area contributed by atoms with E-state index in [4.69, 9.17) is 0 Å². The van der Waals surface area contributed by atoms with Gasteiger partial charge in [-0.1, -0.05) is 12.1 Å². The molecule has 3 rings (SSSR count). The molecule has 0 unspecified atom stereocenters. The monoisotopic (exact) mass is 297 g/mol. The van der Waals surface area contributed by atoms with Gasteiger partial charge in [-0.15, -0.1) is 0 Å². The Morgan fingerprint density at radius 2 is 1.95 bits per heavy atom. The van der Waals surface area contributed by atoms with Crippen LogP contribution in [-0.2, 0) is 11.2 Å². The lowest BCUT2D eigenvalue weighted by Crippen LogP contribution is -2.26. The van der Waals surface area contributed by atoms with Gasteiger partial charge in [0, 0.05) is 31.3 Å². The van der Waals surface area contributed by atoms with Crippen molar-refractivity contribution in [2.45, 2.75) is 13.3 Å². The van der Waals surface area contributed by atoms with Crippen molar-refractivity contribution in [3.8, 4) is 0 Å². The number of anilines is 3. The number of hydrogen-bond donors (Lipinski definition) is 1. The number of nitro groups is 1. The Labute approximate surface area is 127 Å². The molecule has 0 fully saturated rings. The lowest BCUT2D eigenvalue weighted by atomic mass is 10.1. The summed E-state index contributed by atoms with van der Waals surface area (Å²) in [5.74, 6) is 0.0108. The number of fused-ring (bicyclic) bond motifs is 1. The van der Waals surface area contributed by atoms with Crippen molar-refractivity contribution < 1.29 is 9.72 Å². The fourth-order valence-electron chi connectivity index (χ4n) is 2.69. The molecule has 0 aliphatic carbocycles. The van der Waals surface area contributed by atoms with Gasteiger partial charge in [-0.3, -0.25) is 14.9 Å². The quantitative estimate of drug-likeness (QED) is 0.697. The molecule has 112 valence electrons. The minimum Gasteiger partial charge on any atom is -0.354 e. The minimum atomic E-state index is -0.429. The summed E-state index contributed by atoms with van der Waals surface area (Å²) in [4.78, 5) is 23.8. The zero-order chi connectivity index (χ0) is 15.7. The average molecular weight is 297 g/mol. The molecule has 0 bridgehead atoms. The Kier molecular flexibility index (Phi) is 3.50. The predicted octanol–water partition coefficient (Wildman–Crippen LogP) is 3.25. The molecule has 0 saturated carbocycles. The Hall–Kier alpha value is -2.89. The molecule has 1 aliphatic heterocycles. The third kappa shape index (κ3) is 2.50. The lowest BCUT2D eigenvalue weighted by Gasteiger charge is -2.19. The Morgan fingerprint density at radius 3 is 2.59 bits per heavy atom. The number of nitro benzene ring substituents is 1. The van der Waals surface area contributed by atoms with Gasteiger partial charge < -0.3 is 10.2 Å². The van der Waals surface area contributed by atoms with Crippen molar-refractivity contribution in [3.05, 3.63) is 58.1 Å². The molecule has 2 aromatic rings. The van der Waals surface area contributed by atoms with Crippen molar-refractivity contribution in [2.24, 2.45) is 0 Å². The zero-order valence-electron chi connectivity index (χ0n) is 12.1. The topological polar surface area (TPSA) is 75.5 Å². The number of carbonyl (C=O) groups is 1. The summed E-state index contributed by atoms with van der Waals surface area (Å²) < 4.78 is 0. The van der Waals surface area contributed by atoms with Gasteiger partial charge in [-0.05, 0) is 30.2 Å². The van der Waals surface area contributed by atoms with Crippen LogP contribution in [0.25, 0.3) is 0 Å². The van der Waals surface area contributed by atoms with Crippen molar-refractivity contribution in [1.82, 2.24) is 0 Å². The maximum absolute atomic E-state index is 11.8. The number of carbonyl (C=O) groups excluding carboxylic acids is 1. The molecule has 1 N–H and O–H groups in total. The highest BCUT2D eigenvalue weighted by atomic mass is 16.6. The van der Waals surface area contributed by atoms with Gasteiger partial charge in [-0.25, -0.2) is 0 Å². The number of para-hydroxylation sites is 1. The second-order valence-electron chi connectivity index (χ2n) is 5.16. The van der Waals surface area contributed by atoms with Gasteiger partial charge >= 0.3 is 0 Å². The Bertz CT molecular complexity index is 741. The van der Waals surface area contributed by atoms with Crippen LogP contribution in [0.2, 0.25) is 0 Å². The minimum absolute atomic E-state index is 0.0108. The normalized spacial score (nSPS) is 12.9. The van der Waals surface area contributed by atoms with Gasteiger partial charge in [0.05, 0.1) is 16.3 Å². The molecular formula is C16H15N3O3. The largest absolute Gasteiger partial charge is 0.354 e. The molecule has 1 aliphatic rings. The van der Waals surface area contributed by atoms with E-state index in [-0.39, 0.29) is 11.6 Å². The summed E-state index contributed by atoms with van der Waals surface area (Å²) in [5.41, 5.74) is 3.65. The SMILES string of the molecule is CC(=O)N1CCc2cccc(Nc3ccc([N+](=O)[O-])cc3)c21. The summed E-state index contributed by atoms with van der Waals surface area (Å²) in [5, 5.41) is 13.9. The first kappa shape index (κ1) is 14.1. The molecule has 0 radical (unpaired) electrons. The molecule has 0 saturated heterocycles. The number of amides is 1. The molecule has 0 spiro atoms. The summed E-state index contributed by atoms with van der Waals surface area (Å²) >= 11 is 0. The molecule has 1 amide bonds. The van der Waals surface area contributed by atoms with E-state index in [1.54, 1.807) is 24.0 Å². The van der Waals surface area contributed by atoms with E-state index in [0.717, 1.165) is 29.0 Å². The number of non-ortho nitro benzene ring substituents is 1. The number of nitrogens with zero attached hydrogens (tertiary/aromatic N) is 2. The van der Waals surface area contributed by atoms with Crippen LogP contribution in [0.4, 0.5) is 22.7 Å². The van der Waals surface area contributed by atoms with E-state index in [1.165, 1.54) is 12.1 Å². The second kappa shape index (κ2) is 5.48. The molecule has 1 heterocycles. The molecule has 6 nitrogen and oxygen atoms in total. The van der Waals surface area contributed by atoms with E-state index in [1.807, 2.05) is 18.2 Å². The van der Waals surface area contributed by atoms with Gasteiger partial charge in [0.2, 0.25) is 5.91 Å². The summed E-state index contributed by atoms with van der Waals surface area (Å²) in [6, 6.07) is 12.1. The number of rotatable bonds is 3. The van der Waals surface area contributed by atoms with Gasteiger partial charge in [0.25, 0.3) is 5.69 Å².